The van der Waals surface area contributed by atoms with E-state index in [4.69, 9.17) is 0 Å². The van der Waals surface area contributed by atoms with E-state index in [9.17, 15) is 14.4 Å². The minimum atomic E-state index is -1.17. The van der Waals surface area contributed by atoms with Crippen molar-refractivity contribution in [3.05, 3.63) is 12.2 Å². The molecule has 0 spiro atoms. The van der Waals surface area contributed by atoms with Crippen LogP contribution in [0.25, 0.3) is 0 Å². The minimum Gasteiger partial charge on any atom is -0.319 e. The van der Waals surface area contributed by atoms with Crippen LogP contribution in [0.5, 0.6) is 0 Å². The number of carbonyl (C=O) groups excluding carboxylic acids is 3. The predicted molar refractivity (Wildman–Crippen MR) is 68.1 cm³/mol. The molecule has 1 fully saturated rings. The molecule has 8 heteroatoms. The molecule has 0 radical (unpaired) electrons. The van der Waals surface area contributed by atoms with Gasteiger partial charge in [-0.3, -0.25) is 19.8 Å². The summed E-state index contributed by atoms with van der Waals surface area (Å²) in [5.41, 5.74) is -1.17. The summed E-state index contributed by atoms with van der Waals surface area (Å²) < 4.78 is 1.62. The molecule has 1 aromatic rings. The van der Waals surface area contributed by atoms with Crippen LogP contribution in [0.3, 0.4) is 0 Å². The van der Waals surface area contributed by atoms with Crippen molar-refractivity contribution < 1.29 is 14.4 Å². The fraction of sp³-hybridized carbons (Fsp3) is 0.583. The Bertz CT molecular complexity index is 561. The van der Waals surface area contributed by atoms with Gasteiger partial charge in [-0.15, -0.1) is 10.2 Å². The van der Waals surface area contributed by atoms with Gasteiger partial charge in [-0.05, 0) is 12.8 Å². The molecule has 0 atom stereocenters. The van der Waals surface area contributed by atoms with E-state index < -0.39 is 23.3 Å². The number of aryl methyl sites for hydroxylation is 1. The van der Waals surface area contributed by atoms with Crippen LogP contribution in [0.4, 0.5) is 4.79 Å². The molecular formula is C12H17N5O3. The van der Waals surface area contributed by atoms with Crippen LogP contribution in [-0.4, -0.2) is 37.5 Å². The summed E-state index contributed by atoms with van der Waals surface area (Å²) in [4.78, 5) is 37.5. The average molecular weight is 279 g/mol. The second kappa shape index (κ2) is 5.03. The summed E-state index contributed by atoms with van der Waals surface area (Å²) in [6.45, 7) is 3.52. The molecule has 108 valence electrons. The number of rotatable bonds is 4. The fourth-order valence-corrected chi connectivity index (χ4v) is 2.34. The topological polar surface area (TPSA) is 97.2 Å². The molecule has 1 aromatic heterocycles. The number of barbiturate groups is 1. The first kappa shape index (κ1) is 14.2. The molecule has 2 heterocycles. The van der Waals surface area contributed by atoms with Gasteiger partial charge < -0.3 is 4.57 Å². The van der Waals surface area contributed by atoms with E-state index in [0.29, 0.717) is 18.7 Å². The van der Waals surface area contributed by atoms with Gasteiger partial charge >= 0.3 is 6.03 Å². The van der Waals surface area contributed by atoms with Crippen molar-refractivity contribution >= 4 is 17.8 Å². The lowest BCUT2D eigenvalue weighted by Crippen LogP contribution is -2.63. The largest absolute Gasteiger partial charge is 0.331 e. The van der Waals surface area contributed by atoms with Crippen LogP contribution in [0, 0.1) is 5.41 Å². The molecule has 1 saturated heterocycles. The molecule has 0 bridgehead atoms. The summed E-state index contributed by atoms with van der Waals surface area (Å²) in [6.07, 6.45) is 2.17. The van der Waals surface area contributed by atoms with Crippen LogP contribution in [0.1, 0.15) is 32.5 Å². The van der Waals surface area contributed by atoms with Gasteiger partial charge in [0.2, 0.25) is 11.8 Å². The third kappa shape index (κ3) is 1.97. The number of nitrogens with zero attached hydrogens (tertiary/aromatic N) is 4. The number of nitrogens with one attached hydrogen (secondary N) is 1. The maximum Gasteiger partial charge on any atom is 0.331 e. The number of hydrogen-bond acceptors (Lipinski definition) is 5. The molecule has 0 aromatic carbocycles. The van der Waals surface area contributed by atoms with Crippen molar-refractivity contribution in [2.75, 3.05) is 0 Å². The third-order valence-electron chi connectivity index (χ3n) is 3.87. The van der Waals surface area contributed by atoms with E-state index in [-0.39, 0.29) is 6.54 Å². The maximum atomic E-state index is 12.6. The van der Waals surface area contributed by atoms with E-state index in [2.05, 4.69) is 15.5 Å². The number of imide groups is 2. The van der Waals surface area contributed by atoms with Crippen LogP contribution >= 0.6 is 0 Å². The lowest BCUT2D eigenvalue weighted by Gasteiger charge is -2.37. The lowest BCUT2D eigenvalue weighted by atomic mass is 9.78. The van der Waals surface area contributed by atoms with Gasteiger partial charge in [0.1, 0.15) is 11.7 Å². The zero-order valence-corrected chi connectivity index (χ0v) is 11.7. The number of carbonyl (C=O) groups is 3. The lowest BCUT2D eigenvalue weighted by molar-refractivity contribution is -0.152. The fourth-order valence-electron chi connectivity index (χ4n) is 2.34. The highest BCUT2D eigenvalue weighted by Gasteiger charge is 2.51. The summed E-state index contributed by atoms with van der Waals surface area (Å²) in [6, 6.07) is -0.708. The van der Waals surface area contributed by atoms with Crippen LogP contribution in [0.15, 0.2) is 6.33 Å². The highest BCUT2D eigenvalue weighted by Crippen LogP contribution is 2.32. The van der Waals surface area contributed by atoms with Crippen molar-refractivity contribution in [1.29, 1.82) is 0 Å². The Balaban J connectivity index is 2.33. The first-order chi connectivity index (χ1) is 9.46. The molecule has 4 amide bonds. The Morgan fingerprint density at radius 2 is 1.90 bits per heavy atom. The quantitative estimate of drug-likeness (QED) is 0.794. The van der Waals surface area contributed by atoms with Crippen LogP contribution < -0.4 is 5.32 Å². The Labute approximate surface area is 116 Å². The normalized spacial score (nSPS) is 18.4. The van der Waals surface area contributed by atoms with Gasteiger partial charge in [-0.25, -0.2) is 4.79 Å². The maximum absolute atomic E-state index is 12.6. The van der Waals surface area contributed by atoms with E-state index in [1.807, 2.05) is 0 Å². The molecule has 0 unspecified atom stereocenters. The van der Waals surface area contributed by atoms with E-state index >= 15 is 0 Å². The van der Waals surface area contributed by atoms with Gasteiger partial charge in [-0.2, -0.15) is 0 Å². The van der Waals surface area contributed by atoms with Crippen LogP contribution in [0.2, 0.25) is 0 Å². The zero-order chi connectivity index (χ0) is 14.9. The predicted octanol–water partition coefficient (Wildman–Crippen LogP) is 0.200. The van der Waals surface area contributed by atoms with Gasteiger partial charge in [0.25, 0.3) is 0 Å². The standard InChI is InChI=1S/C12H17N5O3/c1-4-12(5-2)9(18)14-11(20)17(10(12)19)6-8-15-13-7-16(8)3/h7H,4-6H2,1-3H3,(H,14,18,20). The summed E-state index contributed by atoms with van der Waals surface area (Å²) in [5.74, 6) is -0.519. The van der Waals surface area contributed by atoms with Gasteiger partial charge in [0, 0.05) is 7.05 Å². The minimum absolute atomic E-state index is 0.00377. The highest BCUT2D eigenvalue weighted by molar-refractivity contribution is 6.18. The molecule has 20 heavy (non-hydrogen) atoms. The van der Waals surface area contributed by atoms with Crippen molar-refractivity contribution in [3.8, 4) is 0 Å². The number of hydrogen-bond donors (Lipinski definition) is 1. The van der Waals surface area contributed by atoms with E-state index in [0.717, 1.165) is 4.90 Å². The number of amides is 4. The van der Waals surface area contributed by atoms with E-state index in [1.54, 1.807) is 25.5 Å². The zero-order valence-electron chi connectivity index (χ0n) is 11.7. The molecule has 1 aliphatic heterocycles. The van der Waals surface area contributed by atoms with Gasteiger partial charge in [0.15, 0.2) is 5.82 Å². The van der Waals surface area contributed by atoms with Gasteiger partial charge in [-0.1, -0.05) is 13.8 Å². The monoisotopic (exact) mass is 279 g/mol. The molecule has 1 aliphatic rings. The van der Waals surface area contributed by atoms with Crippen LogP contribution in [-0.2, 0) is 23.2 Å². The summed E-state index contributed by atoms with van der Waals surface area (Å²) in [5, 5.41) is 9.81. The first-order valence-corrected chi connectivity index (χ1v) is 6.46. The third-order valence-corrected chi connectivity index (χ3v) is 3.87. The van der Waals surface area contributed by atoms with Crippen molar-refractivity contribution in [3.63, 3.8) is 0 Å². The Hall–Kier alpha value is -2.25. The van der Waals surface area contributed by atoms with Crippen molar-refractivity contribution in [2.24, 2.45) is 12.5 Å². The molecule has 0 aliphatic carbocycles. The summed E-state index contributed by atoms with van der Waals surface area (Å²) >= 11 is 0. The molecule has 8 nitrogen and oxygen atoms in total. The Kier molecular flexibility index (Phi) is 3.56. The molecular weight excluding hydrogens is 262 g/mol. The number of urea groups is 1. The summed E-state index contributed by atoms with van der Waals surface area (Å²) in [7, 11) is 1.72. The van der Waals surface area contributed by atoms with Crippen molar-refractivity contribution in [1.82, 2.24) is 25.0 Å². The molecule has 0 saturated carbocycles. The number of aromatic nitrogens is 3. The molecule has 1 N–H and O–H groups in total. The van der Waals surface area contributed by atoms with E-state index in [1.165, 1.54) is 6.33 Å². The Morgan fingerprint density at radius 3 is 2.40 bits per heavy atom. The van der Waals surface area contributed by atoms with Gasteiger partial charge in [0.05, 0.1) is 6.54 Å². The second-order valence-electron chi connectivity index (χ2n) is 4.80. The second-order valence-corrected chi connectivity index (χ2v) is 4.80. The first-order valence-electron chi connectivity index (χ1n) is 6.46. The molecule has 2 rings (SSSR count). The van der Waals surface area contributed by atoms with Crippen molar-refractivity contribution in [2.45, 2.75) is 33.2 Å². The average Bonchev–Trinajstić information content (AvgIpc) is 2.81. The smallest absolute Gasteiger partial charge is 0.319 e. The Morgan fingerprint density at radius 1 is 1.25 bits per heavy atom. The SMILES string of the molecule is CCC1(CC)C(=O)NC(=O)N(Cc2nncn2C)C1=O. The highest BCUT2D eigenvalue weighted by atomic mass is 16.2.